The van der Waals surface area contributed by atoms with Crippen LogP contribution in [0.15, 0.2) is 12.1 Å². The van der Waals surface area contributed by atoms with E-state index in [0.29, 0.717) is 17.6 Å². The van der Waals surface area contributed by atoms with E-state index in [1.165, 1.54) is 6.92 Å². The molecule has 0 saturated carbocycles. The zero-order valence-corrected chi connectivity index (χ0v) is 14.2. The predicted octanol–water partition coefficient (Wildman–Crippen LogP) is 1.20. The van der Waals surface area contributed by atoms with Gasteiger partial charge in [0, 0.05) is 25.2 Å². The number of anilines is 2. The Kier molecular flexibility index (Phi) is 4.48. The van der Waals surface area contributed by atoms with Crippen molar-refractivity contribution >= 4 is 17.5 Å². The van der Waals surface area contributed by atoms with E-state index in [1.54, 1.807) is 10.7 Å². The van der Waals surface area contributed by atoms with E-state index in [0.717, 1.165) is 30.8 Å². The number of aromatic nitrogens is 4. The van der Waals surface area contributed by atoms with E-state index in [4.69, 9.17) is 0 Å². The average molecular weight is 330 g/mol. The average Bonchev–Trinajstić information content (AvgIpc) is 3.12. The molecular formula is C16H22N6O2. The lowest BCUT2D eigenvalue weighted by atomic mass is 10.2. The molecule has 1 fully saturated rings. The van der Waals surface area contributed by atoms with E-state index < -0.39 is 0 Å². The van der Waals surface area contributed by atoms with Crippen molar-refractivity contribution < 1.29 is 9.90 Å². The molecule has 3 heterocycles. The molecule has 2 aromatic heterocycles. The molecule has 8 nitrogen and oxygen atoms in total. The molecule has 24 heavy (non-hydrogen) atoms. The molecule has 0 radical (unpaired) electrons. The molecule has 0 aromatic carbocycles. The Bertz CT molecular complexity index is 757. The number of rotatable bonds is 4. The molecule has 0 unspecified atom stereocenters. The molecular weight excluding hydrogens is 308 g/mol. The largest absolute Gasteiger partial charge is 0.394 e. The molecule has 128 valence electrons. The normalized spacial score (nSPS) is 17.3. The van der Waals surface area contributed by atoms with Crippen LogP contribution in [0.25, 0.3) is 5.95 Å². The number of aliphatic hydroxyl groups is 1. The number of amides is 1. The fourth-order valence-electron chi connectivity index (χ4n) is 3.07. The molecule has 1 aliphatic heterocycles. The second-order valence-corrected chi connectivity index (χ2v) is 6.10. The lowest BCUT2D eigenvalue weighted by Crippen LogP contribution is -2.33. The molecule has 2 aromatic rings. The number of aliphatic hydroxyl groups excluding tert-OH is 1. The summed E-state index contributed by atoms with van der Waals surface area (Å²) in [6, 6.07) is 3.73. The third-order valence-corrected chi connectivity index (χ3v) is 4.09. The summed E-state index contributed by atoms with van der Waals surface area (Å²) in [5, 5.41) is 16.7. The van der Waals surface area contributed by atoms with E-state index in [2.05, 4.69) is 25.3 Å². The van der Waals surface area contributed by atoms with E-state index >= 15 is 0 Å². The lowest BCUT2D eigenvalue weighted by molar-refractivity contribution is -0.114. The molecule has 8 heteroatoms. The summed E-state index contributed by atoms with van der Waals surface area (Å²) < 4.78 is 1.66. The van der Waals surface area contributed by atoms with Crippen molar-refractivity contribution in [1.82, 2.24) is 19.7 Å². The minimum absolute atomic E-state index is 0.0402. The van der Waals surface area contributed by atoms with Crippen molar-refractivity contribution in [3.05, 3.63) is 23.5 Å². The molecule has 1 aliphatic rings. The summed E-state index contributed by atoms with van der Waals surface area (Å²) in [4.78, 5) is 22.5. The smallest absolute Gasteiger partial charge is 0.254 e. The third kappa shape index (κ3) is 3.23. The Morgan fingerprint density at radius 3 is 2.79 bits per heavy atom. The van der Waals surface area contributed by atoms with Crippen molar-refractivity contribution in [2.75, 3.05) is 23.4 Å². The first kappa shape index (κ1) is 16.4. The first-order valence-corrected chi connectivity index (χ1v) is 8.05. The summed E-state index contributed by atoms with van der Waals surface area (Å²) in [5.41, 5.74) is 1.79. The first-order chi connectivity index (χ1) is 11.5. The van der Waals surface area contributed by atoms with Crippen LogP contribution in [-0.2, 0) is 4.79 Å². The van der Waals surface area contributed by atoms with Crippen LogP contribution in [0, 0.1) is 13.8 Å². The minimum atomic E-state index is -0.195. The van der Waals surface area contributed by atoms with Crippen LogP contribution in [0.5, 0.6) is 0 Å². The van der Waals surface area contributed by atoms with E-state index in [-0.39, 0.29) is 18.6 Å². The summed E-state index contributed by atoms with van der Waals surface area (Å²) >= 11 is 0. The molecule has 3 rings (SSSR count). The van der Waals surface area contributed by atoms with Gasteiger partial charge in [0.1, 0.15) is 11.6 Å². The second kappa shape index (κ2) is 6.56. The fraction of sp³-hybridized carbons (Fsp3) is 0.500. The van der Waals surface area contributed by atoms with Gasteiger partial charge in [-0.2, -0.15) is 15.1 Å². The van der Waals surface area contributed by atoms with Crippen LogP contribution in [0.3, 0.4) is 0 Å². The van der Waals surface area contributed by atoms with Gasteiger partial charge >= 0.3 is 0 Å². The molecule has 1 atom stereocenters. The van der Waals surface area contributed by atoms with Gasteiger partial charge < -0.3 is 15.3 Å². The van der Waals surface area contributed by atoms with Crippen LogP contribution in [-0.4, -0.2) is 50.0 Å². The van der Waals surface area contributed by atoms with Crippen LogP contribution in [0.1, 0.15) is 31.2 Å². The predicted molar refractivity (Wildman–Crippen MR) is 90.4 cm³/mol. The maximum absolute atomic E-state index is 11.4. The van der Waals surface area contributed by atoms with Crippen molar-refractivity contribution in [3.8, 4) is 5.95 Å². The van der Waals surface area contributed by atoms with Crippen molar-refractivity contribution in [3.63, 3.8) is 0 Å². The molecule has 1 saturated heterocycles. The molecule has 0 bridgehead atoms. The number of hydrogen-bond acceptors (Lipinski definition) is 6. The monoisotopic (exact) mass is 330 g/mol. The van der Waals surface area contributed by atoms with Gasteiger partial charge in [-0.15, -0.1) is 0 Å². The van der Waals surface area contributed by atoms with Gasteiger partial charge in [-0.25, -0.2) is 4.68 Å². The Balaban J connectivity index is 2.06. The number of nitrogens with one attached hydrogen (secondary N) is 1. The third-order valence-electron chi connectivity index (χ3n) is 4.09. The SMILES string of the molecule is CC(=O)Nc1cc(N2CCC[C@@H]2CO)nc(-n2nc(C)cc2C)n1. The number of carbonyl (C=O) groups excluding carboxylic acids is 1. The van der Waals surface area contributed by atoms with Crippen LogP contribution in [0.2, 0.25) is 0 Å². The van der Waals surface area contributed by atoms with Gasteiger partial charge in [0.05, 0.1) is 18.3 Å². The highest BCUT2D eigenvalue weighted by Crippen LogP contribution is 2.26. The summed E-state index contributed by atoms with van der Waals surface area (Å²) in [6.45, 7) is 6.18. The second-order valence-electron chi connectivity index (χ2n) is 6.10. The Labute approximate surface area is 140 Å². The number of aryl methyl sites for hydroxylation is 2. The van der Waals surface area contributed by atoms with E-state index in [1.807, 2.05) is 19.9 Å². The highest BCUT2D eigenvalue weighted by Gasteiger charge is 2.26. The van der Waals surface area contributed by atoms with Gasteiger partial charge in [0.2, 0.25) is 5.91 Å². The Morgan fingerprint density at radius 2 is 2.17 bits per heavy atom. The molecule has 0 spiro atoms. The van der Waals surface area contributed by atoms with Crippen LogP contribution < -0.4 is 10.2 Å². The highest BCUT2D eigenvalue weighted by atomic mass is 16.3. The van der Waals surface area contributed by atoms with Crippen LogP contribution >= 0.6 is 0 Å². The topological polar surface area (TPSA) is 96.2 Å². The van der Waals surface area contributed by atoms with Crippen molar-refractivity contribution in [1.29, 1.82) is 0 Å². The summed E-state index contributed by atoms with van der Waals surface area (Å²) in [6.07, 6.45) is 1.92. The van der Waals surface area contributed by atoms with Crippen molar-refractivity contribution in [2.45, 2.75) is 39.7 Å². The highest BCUT2D eigenvalue weighted by molar-refractivity contribution is 5.88. The lowest BCUT2D eigenvalue weighted by Gasteiger charge is -2.24. The van der Waals surface area contributed by atoms with Crippen molar-refractivity contribution in [2.24, 2.45) is 0 Å². The van der Waals surface area contributed by atoms with Gasteiger partial charge in [-0.1, -0.05) is 0 Å². The quantitative estimate of drug-likeness (QED) is 0.874. The Hall–Kier alpha value is -2.48. The maximum Gasteiger partial charge on any atom is 0.254 e. The van der Waals surface area contributed by atoms with Gasteiger partial charge in [-0.3, -0.25) is 4.79 Å². The maximum atomic E-state index is 11.4. The van der Waals surface area contributed by atoms with Crippen LogP contribution in [0.4, 0.5) is 11.6 Å². The number of carbonyl (C=O) groups is 1. The molecule has 1 amide bonds. The number of nitrogens with zero attached hydrogens (tertiary/aromatic N) is 5. The van der Waals surface area contributed by atoms with Gasteiger partial charge in [-0.05, 0) is 32.8 Å². The zero-order valence-electron chi connectivity index (χ0n) is 14.2. The number of hydrogen-bond donors (Lipinski definition) is 2. The molecule has 0 aliphatic carbocycles. The summed E-state index contributed by atoms with van der Waals surface area (Å²) in [7, 11) is 0. The van der Waals surface area contributed by atoms with E-state index in [9.17, 15) is 9.90 Å². The standard InChI is InChI=1S/C16H22N6O2/c1-10-7-11(2)22(20-10)16-18-14(17-12(3)24)8-15(19-16)21-6-4-5-13(21)9-23/h7-8,13,23H,4-6,9H2,1-3H3,(H,17,18,19,24)/t13-/m1/s1. The first-order valence-electron chi connectivity index (χ1n) is 8.05. The minimum Gasteiger partial charge on any atom is -0.394 e. The zero-order chi connectivity index (χ0) is 17.3. The van der Waals surface area contributed by atoms with Gasteiger partial charge in [0.25, 0.3) is 5.95 Å². The van der Waals surface area contributed by atoms with Gasteiger partial charge in [0.15, 0.2) is 0 Å². The summed E-state index contributed by atoms with van der Waals surface area (Å²) in [5.74, 6) is 1.33. The fourth-order valence-corrected chi connectivity index (χ4v) is 3.07. The Morgan fingerprint density at radius 1 is 1.38 bits per heavy atom. The molecule has 2 N–H and O–H groups in total.